The predicted octanol–water partition coefficient (Wildman–Crippen LogP) is 1.32. The Kier molecular flexibility index (Phi) is 6.08. The Labute approximate surface area is 157 Å². The van der Waals surface area contributed by atoms with Crippen molar-refractivity contribution in [2.75, 3.05) is 33.4 Å². The molecule has 0 spiro atoms. The summed E-state index contributed by atoms with van der Waals surface area (Å²) >= 11 is 0. The van der Waals surface area contributed by atoms with Crippen molar-refractivity contribution in [2.45, 2.75) is 32.4 Å². The molecule has 3 rings (SSSR count). The molecule has 1 saturated heterocycles. The molecule has 1 amide bonds. The molecule has 1 fully saturated rings. The van der Waals surface area contributed by atoms with Crippen LogP contribution in [0.5, 0.6) is 0 Å². The lowest BCUT2D eigenvalue weighted by Gasteiger charge is -2.31. The van der Waals surface area contributed by atoms with Gasteiger partial charge in [-0.15, -0.1) is 6.58 Å². The molecule has 0 radical (unpaired) electrons. The van der Waals surface area contributed by atoms with E-state index in [2.05, 4.69) is 21.8 Å². The van der Waals surface area contributed by atoms with Crippen LogP contribution in [0.15, 0.2) is 28.2 Å². The fourth-order valence-electron chi connectivity index (χ4n) is 3.46. The average molecular weight is 374 g/mol. The number of hydrogen-bond acceptors (Lipinski definition) is 6. The summed E-state index contributed by atoms with van der Waals surface area (Å²) in [5.41, 5.74) is 0.180. The number of aryl methyl sites for hydroxylation is 1. The number of methoxy groups -OCH3 is 1. The number of hydrogen-bond donors (Lipinski definition) is 1. The van der Waals surface area contributed by atoms with Crippen molar-refractivity contribution in [1.82, 2.24) is 19.8 Å². The zero-order valence-corrected chi connectivity index (χ0v) is 15.9. The highest BCUT2D eigenvalue weighted by Gasteiger charge is 2.26. The summed E-state index contributed by atoms with van der Waals surface area (Å²) in [6.07, 6.45) is 5.04. The Morgan fingerprint density at radius 2 is 2.22 bits per heavy atom. The number of ether oxygens (including phenoxy) is 1. The van der Waals surface area contributed by atoms with E-state index in [-0.39, 0.29) is 34.2 Å². The summed E-state index contributed by atoms with van der Waals surface area (Å²) in [4.78, 5) is 32.2. The molecule has 0 atom stereocenters. The summed E-state index contributed by atoms with van der Waals surface area (Å²) in [6, 6.07) is 0.0790. The Morgan fingerprint density at radius 1 is 1.48 bits per heavy atom. The van der Waals surface area contributed by atoms with Gasteiger partial charge in [-0.3, -0.25) is 19.1 Å². The van der Waals surface area contributed by atoms with Crippen LogP contribution in [-0.4, -0.2) is 59.8 Å². The normalized spacial score (nSPS) is 15.9. The van der Waals surface area contributed by atoms with Crippen LogP contribution in [0.2, 0.25) is 0 Å². The van der Waals surface area contributed by atoms with Gasteiger partial charge in [0.15, 0.2) is 0 Å². The van der Waals surface area contributed by atoms with Gasteiger partial charge in [0.25, 0.3) is 11.5 Å². The average Bonchev–Trinajstić information content (AvgIpc) is 3.00. The van der Waals surface area contributed by atoms with Gasteiger partial charge < -0.3 is 14.5 Å². The van der Waals surface area contributed by atoms with Gasteiger partial charge in [0.1, 0.15) is 17.5 Å². The topological polar surface area (TPSA) is 89.6 Å². The standard InChI is InChI=1S/C19H26N4O4/c1-4-7-22-8-5-14(6-9-22)21-17(24)15-13(2)27-18-16(15)19(25)23(12-20-18)10-11-26-3/h4,12,14H,1,5-11H2,2-3H3,(H,21,24). The zero-order valence-electron chi connectivity index (χ0n) is 15.9. The van der Waals surface area contributed by atoms with E-state index in [0.717, 1.165) is 32.5 Å². The number of carbonyl (C=O) groups is 1. The van der Waals surface area contributed by atoms with Gasteiger partial charge in [0, 0.05) is 32.8 Å². The number of fused-ring (bicyclic) bond motifs is 1. The van der Waals surface area contributed by atoms with E-state index in [1.165, 1.54) is 10.9 Å². The largest absolute Gasteiger partial charge is 0.442 e. The molecular weight excluding hydrogens is 348 g/mol. The van der Waals surface area contributed by atoms with Crippen LogP contribution in [-0.2, 0) is 11.3 Å². The minimum absolute atomic E-state index is 0.0790. The molecule has 0 aliphatic carbocycles. The van der Waals surface area contributed by atoms with Gasteiger partial charge in [0.2, 0.25) is 5.71 Å². The SMILES string of the molecule is C=CCN1CCC(NC(=O)c2c(C)oc3ncn(CCOC)c(=O)c23)CC1. The Hall–Kier alpha value is -2.45. The number of nitrogens with zero attached hydrogens (tertiary/aromatic N) is 3. The van der Waals surface area contributed by atoms with Gasteiger partial charge in [0.05, 0.1) is 18.7 Å². The number of amides is 1. The number of aromatic nitrogens is 2. The van der Waals surface area contributed by atoms with Gasteiger partial charge in [-0.05, 0) is 19.8 Å². The van der Waals surface area contributed by atoms with E-state index in [1.807, 2.05) is 6.08 Å². The fraction of sp³-hybridized carbons (Fsp3) is 0.526. The maximum Gasteiger partial charge on any atom is 0.265 e. The molecule has 8 nitrogen and oxygen atoms in total. The third-order valence-electron chi connectivity index (χ3n) is 4.93. The first-order valence-corrected chi connectivity index (χ1v) is 9.16. The first kappa shape index (κ1) is 19.3. The van der Waals surface area contributed by atoms with Crippen molar-refractivity contribution in [3.63, 3.8) is 0 Å². The highest BCUT2D eigenvalue weighted by Crippen LogP contribution is 2.21. The molecule has 2 aromatic rings. The minimum Gasteiger partial charge on any atom is -0.442 e. The van der Waals surface area contributed by atoms with Gasteiger partial charge >= 0.3 is 0 Å². The van der Waals surface area contributed by atoms with Crippen LogP contribution in [0, 0.1) is 6.92 Å². The van der Waals surface area contributed by atoms with Gasteiger partial charge in [-0.1, -0.05) is 6.08 Å². The molecule has 2 aromatic heterocycles. The Balaban J connectivity index is 1.81. The summed E-state index contributed by atoms with van der Waals surface area (Å²) in [5, 5.41) is 3.28. The molecule has 0 unspecified atom stereocenters. The molecule has 1 N–H and O–H groups in total. The smallest absolute Gasteiger partial charge is 0.265 e. The number of nitrogens with one attached hydrogen (secondary N) is 1. The highest BCUT2D eigenvalue weighted by atomic mass is 16.5. The van der Waals surface area contributed by atoms with E-state index in [9.17, 15) is 9.59 Å². The number of likely N-dealkylation sites (tertiary alicyclic amines) is 1. The first-order chi connectivity index (χ1) is 13.0. The maximum absolute atomic E-state index is 12.9. The molecule has 1 aliphatic rings. The van der Waals surface area contributed by atoms with Crippen molar-refractivity contribution in [1.29, 1.82) is 0 Å². The maximum atomic E-state index is 12.9. The lowest BCUT2D eigenvalue weighted by Crippen LogP contribution is -2.44. The zero-order chi connectivity index (χ0) is 19.4. The van der Waals surface area contributed by atoms with Crippen LogP contribution in [0.25, 0.3) is 11.1 Å². The summed E-state index contributed by atoms with van der Waals surface area (Å²) in [6.45, 7) is 8.87. The van der Waals surface area contributed by atoms with Crippen molar-refractivity contribution in [3.05, 3.63) is 40.7 Å². The van der Waals surface area contributed by atoms with E-state index in [0.29, 0.717) is 18.9 Å². The third kappa shape index (κ3) is 4.12. The number of piperidine rings is 1. The number of carbonyl (C=O) groups excluding carboxylic acids is 1. The molecule has 146 valence electrons. The molecule has 0 aromatic carbocycles. The molecule has 3 heterocycles. The van der Waals surface area contributed by atoms with Crippen molar-refractivity contribution in [2.24, 2.45) is 0 Å². The highest BCUT2D eigenvalue weighted by molar-refractivity contribution is 6.06. The molecule has 0 saturated carbocycles. The second-order valence-corrected chi connectivity index (χ2v) is 6.79. The quantitative estimate of drug-likeness (QED) is 0.736. The van der Waals surface area contributed by atoms with E-state index in [1.54, 1.807) is 14.0 Å². The van der Waals surface area contributed by atoms with Crippen molar-refractivity contribution in [3.8, 4) is 0 Å². The third-order valence-corrected chi connectivity index (χ3v) is 4.93. The van der Waals surface area contributed by atoms with Crippen LogP contribution in [0.3, 0.4) is 0 Å². The molecular formula is C19H26N4O4. The van der Waals surface area contributed by atoms with Gasteiger partial charge in [-0.25, -0.2) is 4.98 Å². The fourth-order valence-corrected chi connectivity index (χ4v) is 3.46. The minimum atomic E-state index is -0.292. The van der Waals surface area contributed by atoms with Crippen molar-refractivity contribution >= 4 is 17.0 Å². The van der Waals surface area contributed by atoms with Crippen LogP contribution in [0.4, 0.5) is 0 Å². The Morgan fingerprint density at radius 3 is 2.89 bits per heavy atom. The summed E-state index contributed by atoms with van der Waals surface area (Å²) in [5.74, 6) is 0.123. The molecule has 1 aliphatic heterocycles. The first-order valence-electron chi connectivity index (χ1n) is 9.16. The van der Waals surface area contributed by atoms with E-state index >= 15 is 0 Å². The van der Waals surface area contributed by atoms with Crippen LogP contribution < -0.4 is 10.9 Å². The summed E-state index contributed by atoms with van der Waals surface area (Å²) < 4.78 is 12.0. The van der Waals surface area contributed by atoms with Crippen molar-refractivity contribution < 1.29 is 13.9 Å². The monoisotopic (exact) mass is 374 g/mol. The lowest BCUT2D eigenvalue weighted by molar-refractivity contribution is 0.0914. The van der Waals surface area contributed by atoms with Gasteiger partial charge in [-0.2, -0.15) is 0 Å². The van der Waals surface area contributed by atoms with E-state index < -0.39 is 0 Å². The molecule has 27 heavy (non-hydrogen) atoms. The Bertz CT molecular complexity index is 878. The number of rotatable bonds is 7. The lowest BCUT2D eigenvalue weighted by atomic mass is 10.0. The van der Waals surface area contributed by atoms with Crippen LogP contribution >= 0.6 is 0 Å². The van der Waals surface area contributed by atoms with Crippen LogP contribution in [0.1, 0.15) is 29.0 Å². The number of furan rings is 1. The summed E-state index contributed by atoms with van der Waals surface area (Å²) in [7, 11) is 1.57. The molecule has 8 heteroatoms. The van der Waals surface area contributed by atoms with E-state index in [4.69, 9.17) is 9.15 Å². The predicted molar refractivity (Wildman–Crippen MR) is 102 cm³/mol. The molecule has 0 bridgehead atoms. The second-order valence-electron chi connectivity index (χ2n) is 6.79. The second kappa shape index (κ2) is 8.49.